The second kappa shape index (κ2) is 11.4. The Bertz CT molecular complexity index is 1300. The molecule has 1 aromatic heterocycles. The van der Waals surface area contributed by atoms with Crippen molar-refractivity contribution in [3.05, 3.63) is 73.0 Å². The maximum absolute atomic E-state index is 9.88. The first-order valence-electron chi connectivity index (χ1n) is 12.1. The molecule has 0 N–H and O–H groups in total. The first-order chi connectivity index (χ1) is 17.2. The molecule has 0 unspecified atom stereocenters. The number of thiophene rings is 1. The number of aliphatic imine (C=N–C) groups is 1. The van der Waals surface area contributed by atoms with Crippen LogP contribution in [0.15, 0.2) is 45.9 Å². The molecule has 4 nitrogen and oxygen atoms in total. The third-order valence-electron chi connectivity index (χ3n) is 6.54. The zero-order valence-electron chi connectivity index (χ0n) is 21.0. The van der Waals surface area contributed by atoms with Gasteiger partial charge in [-0.25, -0.2) is 4.99 Å². The normalized spacial score (nSPS) is 15.5. The Labute approximate surface area is 231 Å². The molecule has 7 heteroatoms. The summed E-state index contributed by atoms with van der Waals surface area (Å²) in [4.78, 5) is 6.07. The van der Waals surface area contributed by atoms with Gasteiger partial charge in [-0.15, -0.1) is 11.3 Å². The first kappa shape index (κ1) is 26.7. The largest absolute Gasteiger partial charge is 0.490 e. The van der Waals surface area contributed by atoms with Crippen molar-refractivity contribution < 1.29 is 9.47 Å². The molecule has 0 saturated heterocycles. The standard InChI is InChI=1S/C29H30BrClN2O2S/c1-5-34-25-13-19(12-24(30)27(25)35-17-18-6-9-21(31)10-7-18)16-33-28-23(15-32)22-11-8-20(29(2,3)4)14-26(22)36-28/h6-7,9-10,12-13,16,20H,5,8,11,14,17H2,1-4H3/t20-/m0/s1. The molecular weight excluding hydrogens is 556 g/mol. The van der Waals surface area contributed by atoms with Gasteiger partial charge in [-0.05, 0) is 94.4 Å². The van der Waals surface area contributed by atoms with E-state index in [-0.39, 0.29) is 5.41 Å². The molecule has 0 fully saturated rings. The minimum atomic E-state index is 0.261. The molecule has 4 rings (SSSR count). The number of rotatable bonds is 7. The summed E-state index contributed by atoms with van der Waals surface area (Å²) in [6.45, 7) is 9.75. The van der Waals surface area contributed by atoms with Crippen LogP contribution in [-0.2, 0) is 19.4 Å². The molecule has 1 aliphatic carbocycles. The Kier molecular flexibility index (Phi) is 8.44. The van der Waals surface area contributed by atoms with E-state index in [0.717, 1.165) is 45.4 Å². The third kappa shape index (κ3) is 6.14. The second-order valence-corrected chi connectivity index (χ2v) is 12.4. The summed E-state index contributed by atoms with van der Waals surface area (Å²) in [5, 5.41) is 11.4. The third-order valence-corrected chi connectivity index (χ3v) is 8.55. The van der Waals surface area contributed by atoms with Gasteiger partial charge in [0.05, 0.1) is 16.6 Å². The minimum absolute atomic E-state index is 0.261. The van der Waals surface area contributed by atoms with Crippen LogP contribution < -0.4 is 9.47 Å². The number of nitriles is 1. The number of halogens is 2. The van der Waals surface area contributed by atoms with Gasteiger partial charge in [-0.2, -0.15) is 5.26 Å². The van der Waals surface area contributed by atoms with Gasteiger partial charge in [-0.3, -0.25) is 0 Å². The van der Waals surface area contributed by atoms with Gasteiger partial charge in [0.2, 0.25) is 0 Å². The molecule has 1 aliphatic rings. The van der Waals surface area contributed by atoms with Crippen LogP contribution in [0.1, 0.15) is 61.2 Å². The summed E-state index contributed by atoms with van der Waals surface area (Å²) in [5.74, 6) is 1.90. The van der Waals surface area contributed by atoms with Crippen molar-refractivity contribution in [1.82, 2.24) is 0 Å². The highest BCUT2D eigenvalue weighted by Crippen LogP contribution is 2.45. The molecule has 36 heavy (non-hydrogen) atoms. The zero-order valence-corrected chi connectivity index (χ0v) is 24.2. The molecular formula is C29H30BrClN2O2S. The van der Waals surface area contributed by atoms with E-state index in [1.54, 1.807) is 17.6 Å². The van der Waals surface area contributed by atoms with Crippen LogP contribution in [0.3, 0.4) is 0 Å². The van der Waals surface area contributed by atoms with Crippen LogP contribution >= 0.6 is 38.9 Å². The molecule has 2 aromatic carbocycles. The smallest absolute Gasteiger partial charge is 0.175 e. The van der Waals surface area contributed by atoms with Crippen LogP contribution in [0, 0.1) is 22.7 Å². The van der Waals surface area contributed by atoms with Crippen LogP contribution in [-0.4, -0.2) is 12.8 Å². The maximum Gasteiger partial charge on any atom is 0.175 e. The highest BCUT2D eigenvalue weighted by Gasteiger charge is 2.32. The molecule has 0 bridgehead atoms. The predicted octanol–water partition coefficient (Wildman–Crippen LogP) is 8.91. The Morgan fingerprint density at radius 2 is 1.97 bits per heavy atom. The van der Waals surface area contributed by atoms with Crippen molar-refractivity contribution in [3.63, 3.8) is 0 Å². The van der Waals surface area contributed by atoms with E-state index in [1.165, 1.54) is 10.4 Å². The topological polar surface area (TPSA) is 54.6 Å². The Morgan fingerprint density at radius 1 is 1.22 bits per heavy atom. The summed E-state index contributed by atoms with van der Waals surface area (Å²) in [6.07, 6.45) is 4.89. The zero-order chi connectivity index (χ0) is 25.9. The average Bonchev–Trinajstić information content (AvgIpc) is 3.19. The molecule has 1 heterocycles. The van der Waals surface area contributed by atoms with E-state index in [0.29, 0.717) is 35.7 Å². The van der Waals surface area contributed by atoms with Crippen molar-refractivity contribution >= 4 is 50.1 Å². The van der Waals surface area contributed by atoms with Crippen LogP contribution in [0.2, 0.25) is 5.02 Å². The number of ether oxygens (including phenoxy) is 2. The van der Waals surface area contributed by atoms with Gasteiger partial charge in [0.1, 0.15) is 17.7 Å². The van der Waals surface area contributed by atoms with Crippen molar-refractivity contribution in [3.8, 4) is 17.6 Å². The predicted molar refractivity (Wildman–Crippen MR) is 152 cm³/mol. The van der Waals surface area contributed by atoms with Gasteiger partial charge in [0, 0.05) is 16.1 Å². The van der Waals surface area contributed by atoms with E-state index in [4.69, 9.17) is 26.1 Å². The Hall–Kier alpha value is -2.33. The molecule has 0 radical (unpaired) electrons. The molecule has 3 aromatic rings. The van der Waals surface area contributed by atoms with Gasteiger partial charge >= 0.3 is 0 Å². The van der Waals surface area contributed by atoms with Gasteiger partial charge < -0.3 is 9.47 Å². The molecule has 188 valence electrons. The monoisotopic (exact) mass is 584 g/mol. The molecule has 0 saturated carbocycles. The van der Waals surface area contributed by atoms with Crippen LogP contribution in [0.5, 0.6) is 11.5 Å². The quantitative estimate of drug-likeness (QED) is 0.260. The lowest BCUT2D eigenvalue weighted by molar-refractivity contribution is 0.218. The van der Waals surface area contributed by atoms with Crippen molar-refractivity contribution in [2.75, 3.05) is 6.61 Å². The maximum atomic E-state index is 9.88. The summed E-state index contributed by atoms with van der Waals surface area (Å²) in [7, 11) is 0. The van der Waals surface area contributed by atoms with Crippen molar-refractivity contribution in [2.24, 2.45) is 16.3 Å². The Morgan fingerprint density at radius 3 is 2.64 bits per heavy atom. The fourth-order valence-electron chi connectivity index (χ4n) is 4.45. The van der Waals surface area contributed by atoms with E-state index >= 15 is 0 Å². The lowest BCUT2D eigenvalue weighted by Gasteiger charge is -2.33. The van der Waals surface area contributed by atoms with Gasteiger partial charge in [0.15, 0.2) is 11.5 Å². The van der Waals surface area contributed by atoms with E-state index in [9.17, 15) is 5.26 Å². The van der Waals surface area contributed by atoms with E-state index < -0.39 is 0 Å². The molecule has 1 atom stereocenters. The number of benzene rings is 2. The summed E-state index contributed by atoms with van der Waals surface area (Å²) < 4.78 is 12.8. The second-order valence-electron chi connectivity index (χ2n) is 10.0. The number of hydrogen-bond acceptors (Lipinski definition) is 5. The summed E-state index contributed by atoms with van der Waals surface area (Å²) in [6, 6.07) is 13.9. The number of fused-ring (bicyclic) bond motifs is 1. The number of nitrogens with zero attached hydrogens (tertiary/aromatic N) is 2. The molecule has 0 spiro atoms. The first-order valence-corrected chi connectivity index (χ1v) is 14.1. The highest BCUT2D eigenvalue weighted by atomic mass is 79.9. The van der Waals surface area contributed by atoms with Crippen LogP contribution in [0.25, 0.3) is 0 Å². The van der Waals surface area contributed by atoms with Crippen LogP contribution in [0.4, 0.5) is 5.00 Å². The summed E-state index contributed by atoms with van der Waals surface area (Å²) in [5.41, 5.74) is 4.06. The fourth-order valence-corrected chi connectivity index (χ4v) is 6.37. The lowest BCUT2D eigenvalue weighted by atomic mass is 9.72. The van der Waals surface area contributed by atoms with Crippen molar-refractivity contribution in [1.29, 1.82) is 5.26 Å². The average molecular weight is 586 g/mol. The summed E-state index contributed by atoms with van der Waals surface area (Å²) >= 11 is 11.3. The lowest BCUT2D eigenvalue weighted by Crippen LogP contribution is -2.26. The SMILES string of the molecule is CCOc1cc(C=Nc2sc3c(c2C#N)CC[C@H](C(C)(C)C)C3)cc(Br)c1OCc1ccc(Cl)cc1. The highest BCUT2D eigenvalue weighted by molar-refractivity contribution is 9.10. The Balaban J connectivity index is 1.57. The van der Waals surface area contributed by atoms with E-state index in [2.05, 4.69) is 42.8 Å². The van der Waals surface area contributed by atoms with Crippen molar-refractivity contribution in [2.45, 2.75) is 53.6 Å². The number of hydrogen-bond donors (Lipinski definition) is 0. The van der Waals surface area contributed by atoms with E-state index in [1.807, 2.05) is 43.3 Å². The van der Waals surface area contributed by atoms with Gasteiger partial charge in [-0.1, -0.05) is 44.5 Å². The van der Waals surface area contributed by atoms with Gasteiger partial charge in [0.25, 0.3) is 0 Å². The fraction of sp³-hybridized carbons (Fsp3) is 0.379. The minimum Gasteiger partial charge on any atom is -0.490 e. The molecule has 0 aliphatic heterocycles. The molecule has 0 amide bonds.